The maximum absolute atomic E-state index is 12.5. The highest BCUT2D eigenvalue weighted by Crippen LogP contribution is 2.22. The van der Waals surface area contributed by atoms with Crippen molar-refractivity contribution in [3.8, 4) is 5.75 Å². The summed E-state index contributed by atoms with van der Waals surface area (Å²) in [5, 5.41) is 1.16. The fourth-order valence-electron chi connectivity index (χ4n) is 3.22. The van der Waals surface area contributed by atoms with Gasteiger partial charge in [0, 0.05) is 18.0 Å². The Bertz CT molecular complexity index is 911. The predicted molar refractivity (Wildman–Crippen MR) is 99.0 cm³/mol. The molecular weight excluding hydrogens is 298 g/mol. The molecule has 0 radical (unpaired) electrons. The van der Waals surface area contributed by atoms with E-state index in [0.29, 0.717) is 13.2 Å². The number of hydrogen-bond donors (Lipinski definition) is 0. The van der Waals surface area contributed by atoms with Crippen molar-refractivity contribution in [3.05, 3.63) is 75.6 Å². The topological polar surface area (TPSA) is 31.2 Å². The van der Waals surface area contributed by atoms with Gasteiger partial charge in [0.1, 0.15) is 5.75 Å². The molecule has 0 fully saturated rings. The van der Waals surface area contributed by atoms with Gasteiger partial charge in [0.15, 0.2) is 0 Å². The van der Waals surface area contributed by atoms with Crippen molar-refractivity contribution in [2.75, 3.05) is 6.61 Å². The maximum Gasteiger partial charge on any atom is 0.251 e. The minimum absolute atomic E-state index is 0.0617. The van der Waals surface area contributed by atoms with Crippen molar-refractivity contribution in [2.24, 2.45) is 0 Å². The number of para-hydroxylation sites is 1. The van der Waals surface area contributed by atoms with Crippen LogP contribution in [0.1, 0.15) is 23.1 Å². The molecule has 3 rings (SSSR count). The molecule has 3 heteroatoms. The molecule has 0 N–H and O–H groups in total. The summed E-state index contributed by atoms with van der Waals surface area (Å²) in [5.74, 6) is 0.866. The van der Waals surface area contributed by atoms with E-state index in [1.165, 1.54) is 5.56 Å². The highest BCUT2D eigenvalue weighted by atomic mass is 16.5. The molecule has 0 unspecified atom stereocenters. The second-order valence-electron chi connectivity index (χ2n) is 6.31. The molecule has 0 saturated heterocycles. The molecule has 0 bridgehead atoms. The van der Waals surface area contributed by atoms with Gasteiger partial charge in [0.05, 0.1) is 12.1 Å². The van der Waals surface area contributed by atoms with E-state index in [1.54, 1.807) is 6.07 Å². The first kappa shape index (κ1) is 16.3. The third kappa shape index (κ3) is 3.35. The summed E-state index contributed by atoms with van der Waals surface area (Å²) < 4.78 is 7.62. The molecule has 3 nitrogen and oxygen atoms in total. The predicted octanol–water partition coefficient (Wildman–Crippen LogP) is 4.40. The number of nitrogens with zero attached hydrogens (tertiary/aromatic N) is 1. The molecule has 1 heterocycles. The molecule has 0 aliphatic carbocycles. The molecule has 1 aromatic heterocycles. The Kier molecular flexibility index (Phi) is 4.70. The number of fused-ring (bicyclic) bond motifs is 1. The average Bonchev–Trinajstić information content (AvgIpc) is 2.55. The van der Waals surface area contributed by atoms with Crippen LogP contribution in [0.3, 0.4) is 0 Å². The van der Waals surface area contributed by atoms with Crippen LogP contribution in [0.25, 0.3) is 10.9 Å². The van der Waals surface area contributed by atoms with Gasteiger partial charge in [0.25, 0.3) is 5.56 Å². The van der Waals surface area contributed by atoms with Gasteiger partial charge in [-0.1, -0.05) is 29.8 Å². The van der Waals surface area contributed by atoms with Crippen molar-refractivity contribution < 1.29 is 4.74 Å². The first-order valence-electron chi connectivity index (χ1n) is 8.35. The lowest BCUT2D eigenvalue weighted by Crippen LogP contribution is -2.22. The Hall–Kier alpha value is -2.55. The molecule has 0 aliphatic heterocycles. The highest BCUT2D eigenvalue weighted by Gasteiger charge is 2.09. The summed E-state index contributed by atoms with van der Waals surface area (Å²) in [4.78, 5) is 12.5. The lowest BCUT2D eigenvalue weighted by Gasteiger charge is -2.15. The van der Waals surface area contributed by atoms with E-state index in [4.69, 9.17) is 4.74 Å². The Morgan fingerprint density at radius 1 is 0.958 bits per heavy atom. The number of ether oxygens (including phenoxy) is 1. The van der Waals surface area contributed by atoms with Crippen LogP contribution in [0.4, 0.5) is 0 Å². The maximum atomic E-state index is 12.5. The van der Waals surface area contributed by atoms with Gasteiger partial charge >= 0.3 is 0 Å². The van der Waals surface area contributed by atoms with Crippen molar-refractivity contribution in [1.82, 2.24) is 4.57 Å². The van der Waals surface area contributed by atoms with Gasteiger partial charge in [-0.3, -0.25) is 4.79 Å². The molecule has 3 aromatic rings. The molecular formula is C21H23NO2. The third-order valence-corrected chi connectivity index (χ3v) is 4.28. The standard InChI is InChI=1S/C21H23NO2/c1-15-12-17(3)21-19(13-15)16(2)14-20(23)22(21)10-7-11-24-18-8-5-4-6-9-18/h4-6,8-9,12-14H,7,10-11H2,1-3H3. The van der Waals surface area contributed by atoms with E-state index in [1.807, 2.05) is 41.8 Å². The molecule has 0 amide bonds. The Morgan fingerprint density at radius 2 is 1.71 bits per heavy atom. The van der Waals surface area contributed by atoms with Crippen molar-refractivity contribution in [1.29, 1.82) is 0 Å². The Labute approximate surface area is 142 Å². The molecule has 24 heavy (non-hydrogen) atoms. The fourth-order valence-corrected chi connectivity index (χ4v) is 3.22. The first-order chi connectivity index (χ1) is 11.6. The van der Waals surface area contributed by atoms with Crippen molar-refractivity contribution >= 4 is 10.9 Å². The smallest absolute Gasteiger partial charge is 0.251 e. The zero-order chi connectivity index (χ0) is 17.1. The number of benzene rings is 2. The number of aryl methyl sites for hydroxylation is 4. The zero-order valence-electron chi connectivity index (χ0n) is 14.5. The van der Waals surface area contributed by atoms with Crippen LogP contribution in [0.2, 0.25) is 0 Å². The van der Waals surface area contributed by atoms with Crippen molar-refractivity contribution in [3.63, 3.8) is 0 Å². The summed E-state index contributed by atoms with van der Waals surface area (Å²) in [6, 6.07) is 15.8. The lowest BCUT2D eigenvalue weighted by atomic mass is 10.0. The molecule has 0 aliphatic rings. The van der Waals surface area contributed by atoms with E-state index < -0.39 is 0 Å². The summed E-state index contributed by atoms with van der Waals surface area (Å²) in [6.45, 7) is 7.43. The van der Waals surface area contributed by atoms with E-state index >= 15 is 0 Å². The second kappa shape index (κ2) is 6.91. The van der Waals surface area contributed by atoms with Crippen LogP contribution in [-0.4, -0.2) is 11.2 Å². The molecule has 0 spiro atoms. The Morgan fingerprint density at radius 3 is 2.46 bits per heavy atom. The molecule has 0 atom stereocenters. The van der Waals surface area contributed by atoms with Crippen LogP contribution < -0.4 is 10.3 Å². The number of aromatic nitrogens is 1. The quantitative estimate of drug-likeness (QED) is 0.652. The van der Waals surface area contributed by atoms with Gasteiger partial charge in [-0.05, 0) is 56.5 Å². The summed E-state index contributed by atoms with van der Waals surface area (Å²) >= 11 is 0. The average molecular weight is 321 g/mol. The van der Waals surface area contributed by atoms with Gasteiger partial charge in [-0.15, -0.1) is 0 Å². The van der Waals surface area contributed by atoms with Crippen LogP contribution in [0, 0.1) is 20.8 Å². The number of pyridine rings is 1. The highest BCUT2D eigenvalue weighted by molar-refractivity contribution is 5.86. The minimum Gasteiger partial charge on any atom is -0.494 e. The van der Waals surface area contributed by atoms with Gasteiger partial charge in [-0.2, -0.15) is 0 Å². The largest absolute Gasteiger partial charge is 0.494 e. The molecule has 124 valence electrons. The van der Waals surface area contributed by atoms with Gasteiger partial charge in [0.2, 0.25) is 0 Å². The van der Waals surface area contributed by atoms with Crippen LogP contribution in [0.5, 0.6) is 5.75 Å². The number of rotatable bonds is 5. The summed E-state index contributed by atoms with van der Waals surface area (Å²) in [6.07, 6.45) is 0.792. The normalized spacial score (nSPS) is 11.0. The SMILES string of the molecule is Cc1cc(C)c2c(c1)c(C)cc(=O)n2CCCOc1ccccc1. The third-order valence-electron chi connectivity index (χ3n) is 4.28. The molecule has 2 aromatic carbocycles. The second-order valence-corrected chi connectivity index (χ2v) is 6.31. The lowest BCUT2D eigenvalue weighted by molar-refractivity contribution is 0.302. The van der Waals surface area contributed by atoms with Crippen LogP contribution in [0.15, 0.2) is 53.3 Å². The van der Waals surface area contributed by atoms with Crippen LogP contribution in [-0.2, 0) is 6.54 Å². The van der Waals surface area contributed by atoms with E-state index in [0.717, 1.165) is 34.2 Å². The van der Waals surface area contributed by atoms with E-state index in [9.17, 15) is 4.79 Å². The minimum atomic E-state index is 0.0617. The summed E-state index contributed by atoms with van der Waals surface area (Å²) in [7, 11) is 0. The van der Waals surface area contributed by atoms with E-state index in [2.05, 4.69) is 26.0 Å². The van der Waals surface area contributed by atoms with E-state index in [-0.39, 0.29) is 5.56 Å². The summed E-state index contributed by atoms with van der Waals surface area (Å²) in [5.41, 5.74) is 4.52. The van der Waals surface area contributed by atoms with Crippen LogP contribution >= 0.6 is 0 Å². The zero-order valence-corrected chi connectivity index (χ0v) is 14.5. The molecule has 0 saturated carbocycles. The Balaban J connectivity index is 1.83. The number of hydrogen-bond acceptors (Lipinski definition) is 2. The monoisotopic (exact) mass is 321 g/mol. The van der Waals surface area contributed by atoms with Crippen molar-refractivity contribution in [2.45, 2.75) is 33.7 Å². The fraction of sp³-hybridized carbons (Fsp3) is 0.286. The first-order valence-corrected chi connectivity index (χ1v) is 8.35. The van der Waals surface area contributed by atoms with Gasteiger partial charge in [-0.25, -0.2) is 0 Å². The van der Waals surface area contributed by atoms with Gasteiger partial charge < -0.3 is 9.30 Å².